The van der Waals surface area contributed by atoms with Crippen LogP contribution in [0.1, 0.15) is 0 Å². The van der Waals surface area contributed by atoms with E-state index in [0.29, 0.717) is 0 Å². The van der Waals surface area contributed by atoms with Gasteiger partial charge in [-0.15, -0.1) is 0 Å². The summed E-state index contributed by atoms with van der Waals surface area (Å²) in [5, 5.41) is 4.47. The molecule has 0 aliphatic heterocycles. The van der Waals surface area contributed by atoms with E-state index >= 15 is 0 Å². The Hall–Kier alpha value is -7.52. The van der Waals surface area contributed by atoms with Crippen LogP contribution in [0.2, 0.25) is 0 Å². The van der Waals surface area contributed by atoms with Gasteiger partial charge in [-0.1, -0.05) is 109 Å². The number of nitrogens with zero attached hydrogens (tertiary/aromatic N) is 2. The van der Waals surface area contributed by atoms with Gasteiger partial charge in [0.15, 0.2) is 0 Å². The second-order valence-corrected chi connectivity index (χ2v) is 19.3. The van der Waals surface area contributed by atoms with Crippen LogP contribution in [0.5, 0.6) is 0 Å². The van der Waals surface area contributed by atoms with E-state index in [0.717, 1.165) is 77.2 Å². The minimum absolute atomic E-state index is 0.0127. The highest BCUT2D eigenvalue weighted by molar-refractivity contribution is 7.92. The van der Waals surface area contributed by atoms with Gasteiger partial charge in [0.1, 0.15) is 0 Å². The van der Waals surface area contributed by atoms with Crippen molar-refractivity contribution in [1.82, 2.24) is 9.13 Å². The molecule has 62 heavy (non-hydrogen) atoms. The lowest BCUT2D eigenvalue weighted by Crippen LogP contribution is -2.05. The molecule has 298 valence electrons. The topological polar surface area (TPSA) is 78.1 Å². The van der Waals surface area contributed by atoms with Gasteiger partial charge < -0.3 is 9.13 Å². The van der Waals surface area contributed by atoms with Crippen molar-refractivity contribution in [3.05, 3.63) is 218 Å². The number of benzene rings is 9. The second-order valence-electron chi connectivity index (χ2n) is 15.4. The smallest absolute Gasteiger partial charge is 0.206 e. The molecule has 0 amide bonds. The summed E-state index contributed by atoms with van der Waals surface area (Å²) in [6.07, 6.45) is 0. The van der Waals surface area contributed by atoms with E-state index < -0.39 is 19.7 Å². The summed E-state index contributed by atoms with van der Waals surface area (Å²) in [5.74, 6) is 0. The standard InChI is InChI=1S/C54H36N2O4S2/c57-61(58,43-25-19-37(20-26-43)39-23-33-53-49(35-39)47-15-7-9-17-51(47)55(53)41-11-3-1-4-12-41)45-29-31-46(32-30-45)62(59,60)44-27-21-38(22-28-44)40-24-34-54-50(36-40)48-16-8-10-18-52(48)56(54)42-13-5-2-6-14-42/h1-36H. The summed E-state index contributed by atoms with van der Waals surface area (Å²) >= 11 is 0. The van der Waals surface area contributed by atoms with E-state index in [2.05, 4.69) is 94.1 Å². The molecule has 6 nitrogen and oxygen atoms in total. The van der Waals surface area contributed by atoms with Crippen LogP contribution in [0.3, 0.4) is 0 Å². The minimum Gasteiger partial charge on any atom is -0.309 e. The van der Waals surface area contributed by atoms with Gasteiger partial charge >= 0.3 is 0 Å². The Morgan fingerprint density at radius 1 is 0.258 bits per heavy atom. The van der Waals surface area contributed by atoms with Crippen molar-refractivity contribution in [3.8, 4) is 33.6 Å². The quantitative estimate of drug-likeness (QED) is 0.153. The van der Waals surface area contributed by atoms with Crippen LogP contribution in [0, 0.1) is 0 Å². The molecule has 9 aromatic carbocycles. The Balaban J connectivity index is 0.842. The van der Waals surface area contributed by atoms with Crippen LogP contribution < -0.4 is 0 Å². The molecule has 2 aromatic heterocycles. The van der Waals surface area contributed by atoms with Crippen LogP contribution in [0.15, 0.2) is 238 Å². The van der Waals surface area contributed by atoms with E-state index in [4.69, 9.17) is 0 Å². The van der Waals surface area contributed by atoms with Gasteiger partial charge in [-0.3, -0.25) is 0 Å². The molecule has 0 saturated heterocycles. The van der Waals surface area contributed by atoms with E-state index in [1.807, 2.05) is 84.9 Å². The monoisotopic (exact) mass is 840 g/mol. The fourth-order valence-corrected chi connectivity index (χ4v) is 11.3. The normalized spacial score (nSPS) is 12.1. The van der Waals surface area contributed by atoms with E-state index in [1.54, 1.807) is 24.3 Å². The molecule has 0 spiro atoms. The summed E-state index contributed by atoms with van der Waals surface area (Å²) in [5.41, 5.74) is 10.2. The molecular weight excluding hydrogens is 805 g/mol. The number of hydrogen-bond acceptors (Lipinski definition) is 4. The fraction of sp³-hybridized carbons (Fsp3) is 0. The van der Waals surface area contributed by atoms with Gasteiger partial charge in [0.25, 0.3) is 0 Å². The fourth-order valence-electron chi connectivity index (χ4n) is 8.74. The molecule has 11 aromatic rings. The third-order valence-corrected chi connectivity index (χ3v) is 15.4. The molecule has 0 N–H and O–H groups in total. The summed E-state index contributed by atoms with van der Waals surface area (Å²) in [7, 11) is -7.87. The summed E-state index contributed by atoms with van der Waals surface area (Å²) in [6.45, 7) is 0. The van der Waals surface area contributed by atoms with Crippen LogP contribution in [0.4, 0.5) is 0 Å². The molecular formula is C54H36N2O4S2. The summed E-state index contributed by atoms with van der Waals surface area (Å²) < 4.78 is 59.8. The predicted octanol–water partition coefficient (Wildman–Crippen LogP) is 12.9. The number of sulfone groups is 2. The van der Waals surface area contributed by atoms with E-state index in [9.17, 15) is 16.8 Å². The highest BCUT2D eigenvalue weighted by Gasteiger charge is 2.23. The Morgan fingerprint density at radius 2 is 0.548 bits per heavy atom. The van der Waals surface area contributed by atoms with Crippen LogP contribution >= 0.6 is 0 Å². The van der Waals surface area contributed by atoms with Gasteiger partial charge in [-0.25, -0.2) is 16.8 Å². The molecule has 0 bridgehead atoms. The Kier molecular flexibility index (Phi) is 8.82. The van der Waals surface area contributed by atoms with Gasteiger partial charge in [0.2, 0.25) is 19.7 Å². The van der Waals surface area contributed by atoms with Crippen molar-refractivity contribution in [2.45, 2.75) is 19.6 Å². The van der Waals surface area contributed by atoms with Crippen LogP contribution in [-0.4, -0.2) is 26.0 Å². The van der Waals surface area contributed by atoms with Gasteiger partial charge in [0, 0.05) is 32.9 Å². The van der Waals surface area contributed by atoms with Gasteiger partial charge in [-0.2, -0.15) is 0 Å². The lowest BCUT2D eigenvalue weighted by Gasteiger charge is -2.10. The first-order valence-corrected chi connectivity index (χ1v) is 23.2. The molecule has 0 saturated carbocycles. The van der Waals surface area contributed by atoms with Crippen molar-refractivity contribution in [2.24, 2.45) is 0 Å². The minimum atomic E-state index is -3.94. The largest absolute Gasteiger partial charge is 0.309 e. The second kappa shape index (κ2) is 14.6. The maximum atomic E-state index is 13.8. The highest BCUT2D eigenvalue weighted by Crippen LogP contribution is 2.37. The Morgan fingerprint density at radius 3 is 0.919 bits per heavy atom. The zero-order chi connectivity index (χ0) is 42.0. The van der Waals surface area contributed by atoms with Crippen molar-refractivity contribution in [3.63, 3.8) is 0 Å². The lowest BCUT2D eigenvalue weighted by atomic mass is 10.0. The maximum Gasteiger partial charge on any atom is 0.206 e. The number of para-hydroxylation sites is 4. The zero-order valence-corrected chi connectivity index (χ0v) is 34.8. The molecule has 0 aliphatic rings. The van der Waals surface area contributed by atoms with Crippen molar-refractivity contribution >= 4 is 63.3 Å². The molecule has 11 rings (SSSR count). The average molecular weight is 841 g/mol. The third-order valence-electron chi connectivity index (χ3n) is 11.8. The number of fused-ring (bicyclic) bond motifs is 6. The molecule has 0 atom stereocenters. The Bertz CT molecular complexity index is 3480. The highest BCUT2D eigenvalue weighted by atomic mass is 32.2. The van der Waals surface area contributed by atoms with Crippen molar-refractivity contribution in [2.75, 3.05) is 0 Å². The van der Waals surface area contributed by atoms with E-state index in [1.165, 1.54) is 24.3 Å². The number of hydrogen-bond donors (Lipinski definition) is 0. The predicted molar refractivity (Wildman–Crippen MR) is 250 cm³/mol. The average Bonchev–Trinajstić information content (AvgIpc) is 3.84. The molecule has 0 unspecified atom stereocenters. The number of aromatic nitrogens is 2. The third kappa shape index (κ3) is 6.14. The van der Waals surface area contributed by atoms with E-state index in [-0.39, 0.29) is 19.6 Å². The molecule has 0 aliphatic carbocycles. The maximum absolute atomic E-state index is 13.8. The van der Waals surface area contributed by atoms with Crippen molar-refractivity contribution < 1.29 is 16.8 Å². The molecule has 2 heterocycles. The zero-order valence-electron chi connectivity index (χ0n) is 33.1. The summed E-state index contributed by atoms with van der Waals surface area (Å²) in [6, 6.07) is 68.9. The first-order valence-electron chi connectivity index (χ1n) is 20.2. The lowest BCUT2D eigenvalue weighted by molar-refractivity contribution is 0.592. The summed E-state index contributed by atoms with van der Waals surface area (Å²) in [4.78, 5) is 0.270. The SMILES string of the molecule is O=S(=O)(c1ccc(-c2ccc3c(c2)c2ccccc2n3-c2ccccc2)cc1)c1ccc(S(=O)(=O)c2ccc(-c3ccc4c(c3)c3ccccc3n4-c3ccccc3)cc2)cc1. The number of rotatable bonds is 8. The first-order chi connectivity index (χ1) is 30.3. The molecule has 0 fully saturated rings. The molecule has 8 heteroatoms. The van der Waals surface area contributed by atoms with Crippen LogP contribution in [-0.2, 0) is 19.7 Å². The van der Waals surface area contributed by atoms with Crippen molar-refractivity contribution in [1.29, 1.82) is 0 Å². The van der Waals surface area contributed by atoms with Gasteiger partial charge in [0.05, 0.1) is 41.6 Å². The Labute approximate surface area is 359 Å². The van der Waals surface area contributed by atoms with Crippen LogP contribution in [0.25, 0.3) is 77.2 Å². The molecule has 0 radical (unpaired) electrons. The first kappa shape index (κ1) is 37.5. The van der Waals surface area contributed by atoms with Gasteiger partial charge in [-0.05, 0) is 131 Å².